The smallest absolute Gasteiger partial charge is 0.275 e. The molecule has 0 bridgehead atoms. The summed E-state index contributed by atoms with van der Waals surface area (Å²) in [6.45, 7) is 0. The number of hydrogen-bond donors (Lipinski definition) is 2. The van der Waals surface area contributed by atoms with Gasteiger partial charge in [0, 0.05) is 16.6 Å². The molecule has 3 N–H and O–H groups in total. The first kappa shape index (κ1) is 15.2. The molecule has 1 aromatic carbocycles. The molecule has 108 valence electrons. The SMILES string of the molecule is Nc1ccc(Cl)c(C(=O)Nc2ccc([N+](=O)[O-])cc2Br)n1. The molecule has 0 saturated carbocycles. The second-order valence-electron chi connectivity index (χ2n) is 3.94. The highest BCUT2D eigenvalue weighted by atomic mass is 79.9. The number of non-ortho nitro benzene ring substituents is 1. The number of nitrogens with two attached hydrogens (primary N) is 1. The van der Waals surface area contributed by atoms with Gasteiger partial charge < -0.3 is 11.1 Å². The van der Waals surface area contributed by atoms with Gasteiger partial charge in [-0.25, -0.2) is 4.98 Å². The number of carbonyl (C=O) groups excluding carboxylic acids is 1. The summed E-state index contributed by atoms with van der Waals surface area (Å²) in [5, 5.41) is 13.3. The molecule has 0 fully saturated rings. The van der Waals surface area contributed by atoms with Crippen molar-refractivity contribution in [2.75, 3.05) is 11.1 Å². The van der Waals surface area contributed by atoms with Gasteiger partial charge in [0.2, 0.25) is 0 Å². The third kappa shape index (κ3) is 3.47. The minimum absolute atomic E-state index is 0.0260. The van der Waals surface area contributed by atoms with Crippen LogP contribution in [0.4, 0.5) is 17.2 Å². The number of pyridine rings is 1. The van der Waals surface area contributed by atoms with Crippen LogP contribution in [0.15, 0.2) is 34.8 Å². The van der Waals surface area contributed by atoms with Crippen molar-refractivity contribution in [1.29, 1.82) is 0 Å². The Morgan fingerprint density at radius 2 is 2.10 bits per heavy atom. The lowest BCUT2D eigenvalue weighted by atomic mass is 10.2. The molecule has 0 aliphatic heterocycles. The van der Waals surface area contributed by atoms with Crippen LogP contribution in [0.5, 0.6) is 0 Å². The monoisotopic (exact) mass is 370 g/mol. The molecule has 2 aromatic rings. The zero-order valence-corrected chi connectivity index (χ0v) is 12.7. The van der Waals surface area contributed by atoms with Gasteiger partial charge in [0.25, 0.3) is 11.6 Å². The van der Waals surface area contributed by atoms with E-state index in [9.17, 15) is 14.9 Å². The Morgan fingerprint density at radius 1 is 1.38 bits per heavy atom. The first-order valence-electron chi connectivity index (χ1n) is 5.56. The van der Waals surface area contributed by atoms with Gasteiger partial charge in [-0.2, -0.15) is 0 Å². The van der Waals surface area contributed by atoms with Crippen molar-refractivity contribution in [3.05, 3.63) is 55.6 Å². The summed E-state index contributed by atoms with van der Waals surface area (Å²) in [7, 11) is 0. The molecule has 1 aromatic heterocycles. The van der Waals surface area contributed by atoms with Crippen LogP contribution in [0.3, 0.4) is 0 Å². The van der Waals surface area contributed by atoms with E-state index in [-0.39, 0.29) is 22.2 Å². The number of amides is 1. The fourth-order valence-electron chi connectivity index (χ4n) is 1.52. The lowest BCUT2D eigenvalue weighted by Crippen LogP contribution is -2.15. The van der Waals surface area contributed by atoms with Gasteiger partial charge in [0.15, 0.2) is 0 Å². The minimum Gasteiger partial charge on any atom is -0.384 e. The Kier molecular flexibility index (Phi) is 4.39. The van der Waals surface area contributed by atoms with Crippen LogP contribution in [0, 0.1) is 10.1 Å². The van der Waals surface area contributed by atoms with Crippen molar-refractivity contribution in [3.8, 4) is 0 Å². The molecule has 7 nitrogen and oxygen atoms in total. The largest absolute Gasteiger partial charge is 0.384 e. The minimum atomic E-state index is -0.568. The first-order chi connectivity index (χ1) is 9.88. The fourth-order valence-corrected chi connectivity index (χ4v) is 2.17. The summed E-state index contributed by atoms with van der Waals surface area (Å²) in [6, 6.07) is 6.89. The Hall–Kier alpha value is -2.19. The van der Waals surface area contributed by atoms with E-state index < -0.39 is 10.8 Å². The second-order valence-corrected chi connectivity index (χ2v) is 5.20. The highest BCUT2D eigenvalue weighted by Crippen LogP contribution is 2.28. The Balaban J connectivity index is 2.27. The van der Waals surface area contributed by atoms with Crippen molar-refractivity contribution in [2.45, 2.75) is 0 Å². The van der Waals surface area contributed by atoms with Crippen LogP contribution in [-0.2, 0) is 0 Å². The van der Waals surface area contributed by atoms with Crippen LogP contribution in [0.25, 0.3) is 0 Å². The summed E-state index contributed by atoms with van der Waals surface area (Å²) in [4.78, 5) is 26.1. The van der Waals surface area contributed by atoms with Crippen LogP contribution >= 0.6 is 27.5 Å². The molecule has 1 heterocycles. The van der Waals surface area contributed by atoms with Crippen molar-refractivity contribution in [1.82, 2.24) is 4.98 Å². The zero-order chi connectivity index (χ0) is 15.6. The maximum atomic E-state index is 12.1. The third-order valence-corrected chi connectivity index (χ3v) is 3.46. The van der Waals surface area contributed by atoms with Gasteiger partial charge in [-0.3, -0.25) is 14.9 Å². The molecule has 21 heavy (non-hydrogen) atoms. The summed E-state index contributed by atoms with van der Waals surface area (Å²) >= 11 is 9.04. The molecule has 0 radical (unpaired) electrons. The maximum Gasteiger partial charge on any atom is 0.275 e. The average Bonchev–Trinajstić information content (AvgIpc) is 2.43. The van der Waals surface area contributed by atoms with Gasteiger partial charge in [-0.15, -0.1) is 0 Å². The lowest BCUT2D eigenvalue weighted by molar-refractivity contribution is -0.384. The number of nitrogen functional groups attached to an aromatic ring is 1. The molecule has 0 aliphatic carbocycles. The van der Waals surface area contributed by atoms with Crippen molar-refractivity contribution in [2.24, 2.45) is 0 Å². The Labute approximate surface area is 132 Å². The number of anilines is 2. The summed E-state index contributed by atoms with van der Waals surface area (Å²) in [6.07, 6.45) is 0. The third-order valence-electron chi connectivity index (χ3n) is 2.49. The van der Waals surface area contributed by atoms with E-state index in [1.165, 1.54) is 30.3 Å². The van der Waals surface area contributed by atoms with Crippen LogP contribution in [0.2, 0.25) is 5.02 Å². The van der Waals surface area contributed by atoms with E-state index in [1.54, 1.807) is 0 Å². The van der Waals surface area contributed by atoms with E-state index >= 15 is 0 Å². The van der Waals surface area contributed by atoms with E-state index in [0.29, 0.717) is 10.2 Å². The predicted molar refractivity (Wildman–Crippen MR) is 82.4 cm³/mol. The van der Waals surface area contributed by atoms with Crippen molar-refractivity contribution < 1.29 is 9.72 Å². The number of nitrogens with zero attached hydrogens (tertiary/aromatic N) is 2. The van der Waals surface area contributed by atoms with Gasteiger partial charge in [-0.1, -0.05) is 11.6 Å². The number of nitro groups is 1. The highest BCUT2D eigenvalue weighted by Gasteiger charge is 2.16. The number of halogens is 2. The van der Waals surface area contributed by atoms with E-state index in [2.05, 4.69) is 26.2 Å². The molecular formula is C12H8BrClN4O3. The first-order valence-corrected chi connectivity index (χ1v) is 6.73. The van der Waals surface area contributed by atoms with Crippen molar-refractivity contribution >= 4 is 50.6 Å². The highest BCUT2D eigenvalue weighted by molar-refractivity contribution is 9.10. The predicted octanol–water partition coefficient (Wildman–Crippen LogP) is 3.24. The van der Waals surface area contributed by atoms with Crippen LogP contribution in [-0.4, -0.2) is 15.8 Å². The van der Waals surface area contributed by atoms with Crippen LogP contribution < -0.4 is 11.1 Å². The number of hydrogen-bond acceptors (Lipinski definition) is 5. The lowest BCUT2D eigenvalue weighted by Gasteiger charge is -2.08. The summed E-state index contributed by atoms with van der Waals surface area (Å²) < 4.78 is 0.366. The Morgan fingerprint density at radius 3 is 2.71 bits per heavy atom. The molecule has 2 rings (SSSR count). The molecule has 0 atom stereocenters. The average molecular weight is 372 g/mol. The second kappa shape index (κ2) is 6.06. The molecule has 9 heteroatoms. The van der Waals surface area contributed by atoms with E-state index in [1.807, 2.05) is 0 Å². The van der Waals surface area contributed by atoms with Gasteiger partial charge in [0.05, 0.1) is 15.6 Å². The van der Waals surface area contributed by atoms with Gasteiger partial charge in [-0.05, 0) is 34.1 Å². The fraction of sp³-hybridized carbons (Fsp3) is 0. The molecule has 0 unspecified atom stereocenters. The molecular weight excluding hydrogens is 364 g/mol. The topological polar surface area (TPSA) is 111 Å². The normalized spacial score (nSPS) is 10.2. The number of aromatic nitrogens is 1. The van der Waals surface area contributed by atoms with Gasteiger partial charge in [0.1, 0.15) is 11.5 Å². The molecule has 1 amide bonds. The number of benzene rings is 1. The van der Waals surface area contributed by atoms with E-state index in [0.717, 1.165) is 0 Å². The number of nitro benzene ring substituents is 1. The number of nitrogens with one attached hydrogen (secondary N) is 1. The van der Waals surface area contributed by atoms with E-state index in [4.69, 9.17) is 17.3 Å². The summed E-state index contributed by atoms with van der Waals surface area (Å²) in [5.74, 6) is -0.408. The number of rotatable bonds is 3. The molecule has 0 spiro atoms. The Bertz CT molecular complexity index is 738. The van der Waals surface area contributed by atoms with Crippen molar-refractivity contribution in [3.63, 3.8) is 0 Å². The molecule has 0 aliphatic rings. The number of carbonyl (C=O) groups is 1. The standard InChI is InChI=1S/C12H8BrClN4O3/c13-7-5-6(18(20)21)1-3-9(7)16-12(19)11-8(14)2-4-10(15)17-11/h1-5H,(H2,15,17)(H,16,19). The maximum absolute atomic E-state index is 12.1. The zero-order valence-electron chi connectivity index (χ0n) is 10.3. The summed E-state index contributed by atoms with van der Waals surface area (Å²) in [5.41, 5.74) is 5.74. The van der Waals surface area contributed by atoms with Crippen LogP contribution in [0.1, 0.15) is 10.5 Å². The molecule has 0 saturated heterocycles. The quantitative estimate of drug-likeness (QED) is 0.635. The van der Waals surface area contributed by atoms with Gasteiger partial charge >= 0.3 is 0 Å².